The fourth-order valence-corrected chi connectivity index (χ4v) is 2.22. The molecule has 2 rings (SSSR count). The van der Waals surface area contributed by atoms with Gasteiger partial charge >= 0.3 is 0 Å². The minimum Gasteiger partial charge on any atom is -0.383 e. The number of methoxy groups -OCH3 is 1. The summed E-state index contributed by atoms with van der Waals surface area (Å²) in [5.74, 6) is -0.553. The number of hydrogen-bond acceptors (Lipinski definition) is 2. The van der Waals surface area contributed by atoms with Crippen LogP contribution in [-0.2, 0) is 14.9 Å². The van der Waals surface area contributed by atoms with Gasteiger partial charge in [0.2, 0.25) is 5.91 Å². The molecule has 0 spiro atoms. The van der Waals surface area contributed by atoms with Gasteiger partial charge < -0.3 is 10.1 Å². The first kappa shape index (κ1) is 13.3. The molecule has 3 nitrogen and oxygen atoms in total. The van der Waals surface area contributed by atoms with Crippen molar-refractivity contribution in [3.63, 3.8) is 0 Å². The van der Waals surface area contributed by atoms with Crippen LogP contribution in [0, 0.1) is 5.82 Å². The van der Waals surface area contributed by atoms with Crippen LogP contribution in [0.25, 0.3) is 0 Å². The van der Waals surface area contributed by atoms with E-state index in [1.165, 1.54) is 6.07 Å². The van der Waals surface area contributed by atoms with Crippen LogP contribution >= 0.6 is 11.6 Å². The summed E-state index contributed by atoms with van der Waals surface area (Å²) in [6.07, 6.45) is 1.34. The van der Waals surface area contributed by atoms with Crippen LogP contribution in [0.1, 0.15) is 18.4 Å². The van der Waals surface area contributed by atoms with Crippen molar-refractivity contribution >= 4 is 17.5 Å². The smallest absolute Gasteiger partial charge is 0.230 e. The summed E-state index contributed by atoms with van der Waals surface area (Å²) in [7, 11) is 1.57. The van der Waals surface area contributed by atoms with Gasteiger partial charge in [0.1, 0.15) is 5.82 Å². The van der Waals surface area contributed by atoms with Crippen molar-refractivity contribution < 1.29 is 13.9 Å². The van der Waals surface area contributed by atoms with Gasteiger partial charge in [0.25, 0.3) is 0 Å². The van der Waals surface area contributed by atoms with Crippen molar-refractivity contribution in [3.8, 4) is 0 Å². The first-order valence-corrected chi connectivity index (χ1v) is 6.21. The minimum atomic E-state index is -0.706. The molecular formula is C13H15ClFNO2. The summed E-state index contributed by atoms with van der Waals surface area (Å²) < 4.78 is 18.7. The van der Waals surface area contributed by atoms with Gasteiger partial charge in [-0.05, 0) is 25.0 Å². The average Bonchev–Trinajstić information content (AvgIpc) is 3.10. The first-order valence-electron chi connectivity index (χ1n) is 5.83. The molecule has 0 bridgehead atoms. The van der Waals surface area contributed by atoms with Gasteiger partial charge in [-0.2, -0.15) is 0 Å². The average molecular weight is 272 g/mol. The van der Waals surface area contributed by atoms with Crippen molar-refractivity contribution in [2.45, 2.75) is 18.3 Å². The Morgan fingerprint density at radius 1 is 1.56 bits per heavy atom. The number of benzene rings is 1. The highest BCUT2D eigenvalue weighted by atomic mass is 35.5. The monoisotopic (exact) mass is 271 g/mol. The van der Waals surface area contributed by atoms with E-state index in [1.807, 2.05) is 0 Å². The highest BCUT2D eigenvalue weighted by Crippen LogP contribution is 2.49. The maximum Gasteiger partial charge on any atom is 0.230 e. The minimum absolute atomic E-state index is 0.138. The number of carbonyl (C=O) groups is 1. The molecule has 1 amide bonds. The largest absolute Gasteiger partial charge is 0.383 e. The molecule has 18 heavy (non-hydrogen) atoms. The summed E-state index contributed by atoms with van der Waals surface area (Å²) in [4.78, 5) is 12.1. The second-order valence-electron chi connectivity index (χ2n) is 4.45. The van der Waals surface area contributed by atoms with Crippen LogP contribution in [0.5, 0.6) is 0 Å². The van der Waals surface area contributed by atoms with Gasteiger partial charge in [0.05, 0.1) is 12.0 Å². The zero-order valence-corrected chi connectivity index (χ0v) is 10.9. The molecule has 0 aliphatic heterocycles. The quantitative estimate of drug-likeness (QED) is 0.835. The van der Waals surface area contributed by atoms with E-state index in [2.05, 4.69) is 5.32 Å². The summed E-state index contributed by atoms with van der Waals surface area (Å²) in [5, 5.41) is 3.10. The molecule has 1 aliphatic carbocycles. The number of halogens is 2. The maximum absolute atomic E-state index is 13.8. The van der Waals surface area contributed by atoms with E-state index in [1.54, 1.807) is 19.2 Å². The Labute approximate surface area is 110 Å². The lowest BCUT2D eigenvalue weighted by atomic mass is 9.94. The van der Waals surface area contributed by atoms with E-state index in [9.17, 15) is 9.18 Å². The predicted molar refractivity (Wildman–Crippen MR) is 67.2 cm³/mol. The lowest BCUT2D eigenvalue weighted by molar-refractivity contribution is -0.123. The second-order valence-corrected chi connectivity index (χ2v) is 4.89. The predicted octanol–water partition coefficient (Wildman–Crippen LogP) is 2.27. The molecule has 0 unspecified atom stereocenters. The highest BCUT2D eigenvalue weighted by Gasteiger charge is 2.52. The molecular weight excluding hydrogens is 257 g/mol. The molecule has 0 radical (unpaired) electrons. The topological polar surface area (TPSA) is 38.3 Å². The molecule has 1 aromatic carbocycles. The van der Waals surface area contributed by atoms with E-state index in [-0.39, 0.29) is 5.91 Å². The number of nitrogens with one attached hydrogen (secondary N) is 1. The molecule has 0 aromatic heterocycles. The van der Waals surface area contributed by atoms with E-state index < -0.39 is 11.2 Å². The Kier molecular flexibility index (Phi) is 3.88. The molecule has 1 fully saturated rings. The highest BCUT2D eigenvalue weighted by molar-refractivity contribution is 6.30. The summed E-state index contributed by atoms with van der Waals surface area (Å²) in [6, 6.07) is 4.46. The molecule has 1 saturated carbocycles. The Balaban J connectivity index is 2.13. The van der Waals surface area contributed by atoms with Crippen molar-refractivity contribution in [1.82, 2.24) is 5.32 Å². The zero-order valence-electron chi connectivity index (χ0n) is 10.1. The third-order valence-corrected chi connectivity index (χ3v) is 3.46. The molecule has 98 valence electrons. The molecule has 1 aromatic rings. The van der Waals surface area contributed by atoms with Crippen LogP contribution in [0.4, 0.5) is 4.39 Å². The third-order valence-electron chi connectivity index (χ3n) is 3.22. The Morgan fingerprint density at radius 2 is 2.28 bits per heavy atom. The summed E-state index contributed by atoms with van der Waals surface area (Å²) >= 11 is 5.71. The lowest BCUT2D eigenvalue weighted by Crippen LogP contribution is -2.37. The van der Waals surface area contributed by atoms with Crippen LogP contribution in [0.15, 0.2) is 18.2 Å². The second kappa shape index (κ2) is 5.24. The Bertz CT molecular complexity index is 460. The molecule has 1 N–H and O–H groups in total. The molecule has 5 heteroatoms. The van der Waals surface area contributed by atoms with Crippen LogP contribution in [0.3, 0.4) is 0 Å². The third kappa shape index (κ3) is 2.49. The van der Waals surface area contributed by atoms with Crippen molar-refractivity contribution in [2.75, 3.05) is 20.3 Å². The van der Waals surface area contributed by atoms with Gasteiger partial charge in [0, 0.05) is 24.2 Å². The van der Waals surface area contributed by atoms with Gasteiger partial charge in [-0.25, -0.2) is 4.39 Å². The fraction of sp³-hybridized carbons (Fsp3) is 0.462. The van der Waals surface area contributed by atoms with Crippen molar-refractivity contribution in [1.29, 1.82) is 0 Å². The van der Waals surface area contributed by atoms with Crippen molar-refractivity contribution in [2.24, 2.45) is 0 Å². The molecule has 0 saturated heterocycles. The lowest BCUT2D eigenvalue weighted by Gasteiger charge is -2.16. The van der Waals surface area contributed by atoms with E-state index in [0.29, 0.717) is 36.6 Å². The molecule has 0 heterocycles. The Hall–Kier alpha value is -1.13. The van der Waals surface area contributed by atoms with E-state index in [0.717, 1.165) is 0 Å². The SMILES string of the molecule is COCCNC(=O)C1(c2ccc(Cl)cc2F)CC1. The standard InChI is InChI=1S/C13H15ClFNO2/c1-18-7-6-16-12(17)13(4-5-13)10-3-2-9(14)8-11(10)15/h2-3,8H,4-7H2,1H3,(H,16,17). The maximum atomic E-state index is 13.8. The zero-order chi connectivity index (χ0) is 13.2. The van der Waals surface area contributed by atoms with Gasteiger partial charge in [-0.3, -0.25) is 4.79 Å². The summed E-state index contributed by atoms with van der Waals surface area (Å²) in [6.45, 7) is 0.886. The fourth-order valence-electron chi connectivity index (χ4n) is 2.06. The first-order chi connectivity index (χ1) is 8.60. The van der Waals surface area contributed by atoms with Gasteiger partial charge in [-0.15, -0.1) is 0 Å². The number of amides is 1. The van der Waals surface area contributed by atoms with E-state index in [4.69, 9.17) is 16.3 Å². The Morgan fingerprint density at radius 3 is 2.83 bits per heavy atom. The number of hydrogen-bond donors (Lipinski definition) is 1. The number of ether oxygens (including phenoxy) is 1. The van der Waals surface area contributed by atoms with Gasteiger partial charge in [-0.1, -0.05) is 17.7 Å². The van der Waals surface area contributed by atoms with Gasteiger partial charge in [0.15, 0.2) is 0 Å². The normalized spacial score (nSPS) is 16.4. The number of rotatable bonds is 5. The van der Waals surface area contributed by atoms with Crippen LogP contribution < -0.4 is 5.32 Å². The van der Waals surface area contributed by atoms with Crippen LogP contribution in [-0.4, -0.2) is 26.2 Å². The summed E-state index contributed by atoms with van der Waals surface area (Å²) in [5.41, 5.74) is -0.274. The van der Waals surface area contributed by atoms with Crippen LogP contribution in [0.2, 0.25) is 5.02 Å². The molecule has 0 atom stereocenters. The molecule has 1 aliphatic rings. The number of carbonyl (C=O) groups excluding carboxylic acids is 1. The van der Waals surface area contributed by atoms with E-state index >= 15 is 0 Å². The van der Waals surface area contributed by atoms with Crippen molar-refractivity contribution in [3.05, 3.63) is 34.6 Å².